The van der Waals surface area contributed by atoms with Gasteiger partial charge < -0.3 is 9.80 Å². The summed E-state index contributed by atoms with van der Waals surface area (Å²) in [5.74, 6) is -0.386. The number of rotatable bonds is 6. The van der Waals surface area contributed by atoms with Gasteiger partial charge in [0.1, 0.15) is 0 Å². The van der Waals surface area contributed by atoms with Crippen LogP contribution in [0.2, 0.25) is 0 Å². The summed E-state index contributed by atoms with van der Waals surface area (Å²) in [4.78, 5) is 21.5. The first-order chi connectivity index (χ1) is 15.5. The van der Waals surface area contributed by atoms with Crippen LogP contribution in [0.4, 0.5) is 5.13 Å². The molecule has 0 atom stereocenters. The van der Waals surface area contributed by atoms with Gasteiger partial charge in [-0.15, -0.1) is 0 Å². The third kappa shape index (κ3) is 5.36. The van der Waals surface area contributed by atoms with Gasteiger partial charge in [0.2, 0.25) is 5.91 Å². The van der Waals surface area contributed by atoms with Crippen molar-refractivity contribution in [3.63, 3.8) is 0 Å². The highest BCUT2D eigenvalue weighted by Crippen LogP contribution is 2.31. The Kier molecular flexibility index (Phi) is 6.47. The Morgan fingerprint density at radius 3 is 2.24 bits per heavy atom. The van der Waals surface area contributed by atoms with E-state index < -0.39 is 19.7 Å². The average Bonchev–Trinajstić information content (AvgIpc) is 3.21. The van der Waals surface area contributed by atoms with E-state index in [1.807, 2.05) is 6.92 Å². The predicted octanol–water partition coefficient (Wildman–Crippen LogP) is 2.52. The quantitative estimate of drug-likeness (QED) is 0.505. The zero-order chi connectivity index (χ0) is 23.8. The molecule has 4 rings (SSSR count). The monoisotopic (exact) mass is 507 g/mol. The Balaban J connectivity index is 1.35. The number of aryl methyl sites for hydroxylation is 1. The molecule has 1 aromatic heterocycles. The molecule has 8 nitrogen and oxygen atoms in total. The molecule has 0 unspecified atom stereocenters. The Hall–Kier alpha value is -2.50. The Morgan fingerprint density at radius 2 is 1.61 bits per heavy atom. The van der Waals surface area contributed by atoms with E-state index in [9.17, 15) is 21.6 Å². The smallest absolute Gasteiger partial charge is 0.223 e. The molecule has 176 valence electrons. The number of aromatic nitrogens is 1. The van der Waals surface area contributed by atoms with Crippen LogP contribution in [0.3, 0.4) is 0 Å². The number of piperazine rings is 1. The van der Waals surface area contributed by atoms with Crippen LogP contribution in [0.1, 0.15) is 12.0 Å². The minimum atomic E-state index is -3.50. The average molecular weight is 508 g/mol. The van der Waals surface area contributed by atoms with Crippen molar-refractivity contribution in [3.8, 4) is 0 Å². The van der Waals surface area contributed by atoms with Crippen LogP contribution < -0.4 is 4.90 Å². The lowest BCUT2D eigenvalue weighted by atomic mass is 10.2. The fourth-order valence-electron chi connectivity index (χ4n) is 3.65. The van der Waals surface area contributed by atoms with Crippen molar-refractivity contribution < 1.29 is 21.6 Å². The molecule has 0 N–H and O–H groups in total. The van der Waals surface area contributed by atoms with Crippen molar-refractivity contribution in [2.24, 2.45) is 0 Å². The van der Waals surface area contributed by atoms with Crippen LogP contribution >= 0.6 is 11.3 Å². The van der Waals surface area contributed by atoms with E-state index in [2.05, 4.69) is 9.88 Å². The predicted molar refractivity (Wildman–Crippen MR) is 129 cm³/mol. The summed E-state index contributed by atoms with van der Waals surface area (Å²) in [6.45, 7) is 4.01. The van der Waals surface area contributed by atoms with Crippen LogP contribution in [0.5, 0.6) is 0 Å². The van der Waals surface area contributed by atoms with E-state index in [4.69, 9.17) is 0 Å². The maximum atomic E-state index is 12.6. The summed E-state index contributed by atoms with van der Waals surface area (Å²) in [7, 11) is -6.79. The number of carbonyl (C=O) groups is 1. The summed E-state index contributed by atoms with van der Waals surface area (Å²) in [6, 6.07) is 11.5. The maximum absolute atomic E-state index is 12.6. The number of anilines is 1. The van der Waals surface area contributed by atoms with E-state index in [0.717, 1.165) is 20.9 Å². The highest BCUT2D eigenvalue weighted by atomic mass is 32.2. The number of thiazole rings is 1. The van der Waals surface area contributed by atoms with Crippen molar-refractivity contribution >= 4 is 52.3 Å². The molecule has 2 aromatic carbocycles. The van der Waals surface area contributed by atoms with Crippen molar-refractivity contribution in [1.82, 2.24) is 9.88 Å². The van der Waals surface area contributed by atoms with E-state index in [-0.39, 0.29) is 27.9 Å². The molecule has 3 aromatic rings. The largest absolute Gasteiger partial charge is 0.345 e. The summed E-state index contributed by atoms with van der Waals surface area (Å²) in [5, 5.41) is 0.782. The van der Waals surface area contributed by atoms with Crippen LogP contribution in [0.25, 0.3) is 10.2 Å². The maximum Gasteiger partial charge on any atom is 0.223 e. The van der Waals surface area contributed by atoms with Gasteiger partial charge >= 0.3 is 0 Å². The summed E-state index contributed by atoms with van der Waals surface area (Å²) < 4.78 is 49.4. The molecule has 0 bridgehead atoms. The number of amides is 1. The Labute approximate surface area is 197 Å². The lowest BCUT2D eigenvalue weighted by molar-refractivity contribution is -0.131. The van der Waals surface area contributed by atoms with Crippen molar-refractivity contribution in [1.29, 1.82) is 0 Å². The second kappa shape index (κ2) is 9.03. The van der Waals surface area contributed by atoms with Gasteiger partial charge in [0.05, 0.1) is 25.8 Å². The summed E-state index contributed by atoms with van der Waals surface area (Å²) in [5.41, 5.74) is 1.72. The Morgan fingerprint density at radius 1 is 0.970 bits per heavy atom. The van der Waals surface area contributed by atoms with E-state index >= 15 is 0 Å². The molecule has 0 saturated carbocycles. The molecule has 1 aliphatic heterocycles. The SMILES string of the molecule is Cc1ccc(S(=O)(=O)CCC(=O)N2CCN(c3nc4ccc(S(C)(=O)=O)cc4s3)CC2)cc1. The number of fused-ring (bicyclic) bond motifs is 1. The van der Waals surface area contributed by atoms with Gasteiger partial charge in [-0.1, -0.05) is 29.0 Å². The molecule has 0 spiro atoms. The second-order valence-electron chi connectivity index (χ2n) is 8.15. The molecule has 0 aliphatic carbocycles. The van der Waals surface area contributed by atoms with Gasteiger partial charge in [-0.2, -0.15) is 0 Å². The zero-order valence-electron chi connectivity index (χ0n) is 18.4. The number of benzene rings is 2. The van der Waals surface area contributed by atoms with Gasteiger partial charge in [0.15, 0.2) is 24.8 Å². The molecular formula is C22H25N3O5S3. The molecule has 11 heteroatoms. The highest BCUT2D eigenvalue weighted by molar-refractivity contribution is 7.91. The first-order valence-corrected chi connectivity index (χ1v) is 14.8. The number of nitrogens with zero attached hydrogens (tertiary/aromatic N) is 3. The third-order valence-electron chi connectivity index (χ3n) is 5.64. The van der Waals surface area contributed by atoms with Crippen LogP contribution in [-0.4, -0.2) is 70.8 Å². The molecular weight excluding hydrogens is 482 g/mol. The van der Waals surface area contributed by atoms with Crippen LogP contribution in [0.15, 0.2) is 52.3 Å². The van der Waals surface area contributed by atoms with E-state index in [1.165, 1.54) is 17.6 Å². The number of sulfone groups is 2. The molecule has 1 fully saturated rings. The van der Waals surface area contributed by atoms with Gasteiger partial charge in [-0.3, -0.25) is 4.79 Å². The fraction of sp³-hybridized carbons (Fsp3) is 0.364. The van der Waals surface area contributed by atoms with Crippen LogP contribution in [0, 0.1) is 6.92 Å². The number of carbonyl (C=O) groups excluding carboxylic acids is 1. The third-order valence-corrected chi connectivity index (χ3v) is 9.57. The molecule has 0 radical (unpaired) electrons. The van der Waals surface area contributed by atoms with E-state index in [0.29, 0.717) is 26.2 Å². The minimum absolute atomic E-state index is 0.0500. The molecule has 2 heterocycles. The Bertz CT molecular complexity index is 1390. The highest BCUT2D eigenvalue weighted by Gasteiger charge is 2.25. The number of hydrogen-bond donors (Lipinski definition) is 0. The zero-order valence-corrected chi connectivity index (χ0v) is 20.8. The van der Waals surface area contributed by atoms with Crippen molar-refractivity contribution in [2.45, 2.75) is 23.1 Å². The van der Waals surface area contributed by atoms with Crippen molar-refractivity contribution in [2.75, 3.05) is 43.1 Å². The van der Waals surface area contributed by atoms with Gasteiger partial charge in [0, 0.05) is 38.9 Å². The van der Waals surface area contributed by atoms with Gasteiger partial charge in [0.25, 0.3) is 0 Å². The van der Waals surface area contributed by atoms with Crippen LogP contribution in [-0.2, 0) is 24.5 Å². The second-order valence-corrected chi connectivity index (χ2v) is 13.3. The van der Waals surface area contributed by atoms with Crippen molar-refractivity contribution in [3.05, 3.63) is 48.0 Å². The molecule has 1 amide bonds. The van der Waals surface area contributed by atoms with E-state index in [1.54, 1.807) is 47.4 Å². The summed E-state index contributed by atoms with van der Waals surface area (Å²) >= 11 is 1.42. The molecule has 1 aliphatic rings. The normalized spacial score (nSPS) is 15.2. The first kappa shape index (κ1) is 23.7. The standard InChI is InChI=1S/C22H25N3O5S3/c1-16-3-5-17(6-4-16)33(29,30)14-9-21(26)24-10-12-25(13-11-24)22-23-19-8-7-18(32(2,27)28)15-20(19)31-22/h3-8,15H,9-14H2,1-2H3. The lowest BCUT2D eigenvalue weighted by Gasteiger charge is -2.34. The molecule has 33 heavy (non-hydrogen) atoms. The first-order valence-electron chi connectivity index (χ1n) is 10.5. The van der Waals surface area contributed by atoms with Gasteiger partial charge in [-0.25, -0.2) is 21.8 Å². The lowest BCUT2D eigenvalue weighted by Crippen LogP contribution is -2.49. The summed E-state index contributed by atoms with van der Waals surface area (Å²) in [6.07, 6.45) is 1.13. The fourth-order valence-corrected chi connectivity index (χ4v) is 6.66. The molecule has 1 saturated heterocycles. The minimum Gasteiger partial charge on any atom is -0.345 e. The number of hydrogen-bond acceptors (Lipinski definition) is 8. The van der Waals surface area contributed by atoms with Gasteiger partial charge in [-0.05, 0) is 37.3 Å². The topological polar surface area (TPSA) is 105 Å².